The van der Waals surface area contributed by atoms with Gasteiger partial charge in [0.25, 0.3) is 5.91 Å². The normalized spacial score (nSPS) is 11.0. The maximum atomic E-state index is 11.9. The average molecular weight is 415 g/mol. The van der Waals surface area contributed by atoms with Gasteiger partial charge in [0.05, 0.1) is 0 Å². The average Bonchev–Trinajstić information content (AvgIpc) is 2.97. The van der Waals surface area contributed by atoms with E-state index in [9.17, 15) is 4.79 Å². The Hall–Kier alpha value is -1.84. The van der Waals surface area contributed by atoms with E-state index in [1.807, 2.05) is 52.1 Å². The summed E-state index contributed by atoms with van der Waals surface area (Å²) in [6.07, 6.45) is 0. The molecule has 0 fully saturated rings. The van der Waals surface area contributed by atoms with Crippen LogP contribution in [0.25, 0.3) is 0 Å². The van der Waals surface area contributed by atoms with Crippen molar-refractivity contribution < 1.29 is 9.53 Å². The van der Waals surface area contributed by atoms with E-state index in [4.69, 9.17) is 4.74 Å². The first-order valence-corrected chi connectivity index (χ1v) is 9.41. The van der Waals surface area contributed by atoms with Crippen molar-refractivity contribution in [2.45, 2.75) is 38.0 Å². The van der Waals surface area contributed by atoms with Gasteiger partial charge in [-0.1, -0.05) is 30.0 Å². The van der Waals surface area contributed by atoms with E-state index in [1.54, 1.807) is 16.4 Å². The van der Waals surface area contributed by atoms with E-state index < -0.39 is 0 Å². The molecule has 0 aliphatic heterocycles. The minimum absolute atomic E-state index is 0. The van der Waals surface area contributed by atoms with Gasteiger partial charge in [-0.05, 0) is 37.3 Å². The van der Waals surface area contributed by atoms with E-state index in [1.165, 1.54) is 0 Å². The van der Waals surface area contributed by atoms with Gasteiger partial charge in [-0.25, -0.2) is 4.68 Å². The first-order chi connectivity index (χ1) is 12.3. The molecular weight excluding hydrogens is 388 g/mol. The number of ether oxygens (including phenoxy) is 1. The third-order valence-corrected chi connectivity index (χ3v) is 4.26. The number of carbonyl (C=O) groups excluding carboxylic acids is 1. The molecule has 1 aromatic heterocycles. The standard InChI is InChI=1S/C17H26N6O2S.ClH/c1-17(2,3)19-15(24)12-25-14-8-6-5-7-13(14)11-18-9-10-26-16-20-21-22-23(16)4;/h5-8,18H,9-12H2,1-4H3,(H,19,24);1H. The molecule has 1 aromatic carbocycles. The minimum Gasteiger partial charge on any atom is -0.483 e. The van der Waals surface area contributed by atoms with E-state index in [2.05, 4.69) is 26.2 Å². The summed E-state index contributed by atoms with van der Waals surface area (Å²) < 4.78 is 7.34. The number of aromatic nitrogens is 4. The monoisotopic (exact) mass is 414 g/mol. The smallest absolute Gasteiger partial charge is 0.258 e. The van der Waals surface area contributed by atoms with Crippen LogP contribution in [-0.4, -0.2) is 50.6 Å². The van der Waals surface area contributed by atoms with Crippen molar-refractivity contribution in [3.63, 3.8) is 0 Å². The zero-order chi connectivity index (χ0) is 19.0. The molecular formula is C17H27ClN6O2S. The zero-order valence-corrected chi connectivity index (χ0v) is 17.7. The first-order valence-electron chi connectivity index (χ1n) is 8.43. The Labute approximate surface area is 170 Å². The van der Waals surface area contributed by atoms with E-state index in [0.717, 1.165) is 23.0 Å². The number of halogens is 1. The quantitative estimate of drug-likeness (QED) is 0.477. The summed E-state index contributed by atoms with van der Waals surface area (Å²) in [6.45, 7) is 7.29. The van der Waals surface area contributed by atoms with Gasteiger partial charge in [0.15, 0.2) is 6.61 Å². The molecule has 2 aromatic rings. The number of carbonyl (C=O) groups is 1. The summed E-state index contributed by atoms with van der Waals surface area (Å²) >= 11 is 1.59. The topological polar surface area (TPSA) is 94.0 Å². The van der Waals surface area contributed by atoms with Crippen LogP contribution in [0, 0.1) is 0 Å². The maximum absolute atomic E-state index is 11.9. The Morgan fingerprint density at radius 1 is 1.30 bits per heavy atom. The summed E-state index contributed by atoms with van der Waals surface area (Å²) in [4.78, 5) is 11.9. The van der Waals surface area contributed by atoms with Crippen molar-refractivity contribution in [1.29, 1.82) is 0 Å². The molecule has 10 heteroatoms. The molecule has 0 unspecified atom stereocenters. The maximum Gasteiger partial charge on any atom is 0.258 e. The fraction of sp³-hybridized carbons (Fsp3) is 0.529. The van der Waals surface area contributed by atoms with Crippen molar-refractivity contribution in [3.8, 4) is 5.75 Å². The molecule has 0 aliphatic carbocycles. The van der Waals surface area contributed by atoms with Crippen LogP contribution in [0.15, 0.2) is 29.4 Å². The summed E-state index contributed by atoms with van der Waals surface area (Å²) in [5.41, 5.74) is 0.749. The number of amides is 1. The largest absolute Gasteiger partial charge is 0.483 e. The lowest BCUT2D eigenvalue weighted by Crippen LogP contribution is -2.43. The predicted molar refractivity (Wildman–Crippen MR) is 108 cm³/mol. The lowest BCUT2D eigenvalue weighted by molar-refractivity contribution is -0.124. The third-order valence-electron chi connectivity index (χ3n) is 3.25. The molecule has 0 saturated heterocycles. The van der Waals surface area contributed by atoms with Crippen LogP contribution < -0.4 is 15.4 Å². The molecule has 0 radical (unpaired) electrons. The van der Waals surface area contributed by atoms with Crippen LogP contribution >= 0.6 is 24.2 Å². The molecule has 0 saturated carbocycles. The van der Waals surface area contributed by atoms with E-state index in [-0.39, 0.29) is 30.5 Å². The number of para-hydroxylation sites is 1. The number of thioether (sulfide) groups is 1. The molecule has 0 atom stereocenters. The zero-order valence-electron chi connectivity index (χ0n) is 16.1. The van der Waals surface area contributed by atoms with E-state index in [0.29, 0.717) is 12.3 Å². The SMILES string of the molecule is Cl.Cn1nnnc1SCCNCc1ccccc1OCC(=O)NC(C)(C)C. The minimum atomic E-state index is -0.266. The van der Waals surface area contributed by atoms with Gasteiger partial charge in [-0.15, -0.1) is 17.5 Å². The van der Waals surface area contributed by atoms with Gasteiger partial charge in [0.2, 0.25) is 5.16 Å². The number of hydrogen-bond acceptors (Lipinski definition) is 7. The van der Waals surface area contributed by atoms with E-state index >= 15 is 0 Å². The van der Waals surface area contributed by atoms with Gasteiger partial charge in [-0.3, -0.25) is 4.79 Å². The molecule has 2 rings (SSSR count). The molecule has 2 N–H and O–H groups in total. The molecule has 0 bridgehead atoms. The van der Waals surface area contributed by atoms with Gasteiger partial charge < -0.3 is 15.4 Å². The molecule has 150 valence electrons. The van der Waals surface area contributed by atoms with Crippen molar-refractivity contribution in [2.24, 2.45) is 7.05 Å². The summed E-state index contributed by atoms with van der Waals surface area (Å²) in [6, 6.07) is 7.72. The fourth-order valence-corrected chi connectivity index (χ4v) is 2.92. The second-order valence-corrected chi connectivity index (χ2v) is 7.87. The molecule has 1 amide bonds. The van der Waals surface area contributed by atoms with Crippen LogP contribution in [0.4, 0.5) is 0 Å². The highest BCUT2D eigenvalue weighted by Crippen LogP contribution is 2.18. The number of nitrogens with one attached hydrogen (secondary N) is 2. The van der Waals surface area contributed by atoms with Crippen LogP contribution in [0.5, 0.6) is 5.75 Å². The lowest BCUT2D eigenvalue weighted by atomic mass is 10.1. The molecule has 0 aliphatic rings. The van der Waals surface area contributed by atoms with Crippen LogP contribution in [0.2, 0.25) is 0 Å². The van der Waals surface area contributed by atoms with Crippen LogP contribution in [0.1, 0.15) is 26.3 Å². The van der Waals surface area contributed by atoms with Gasteiger partial charge in [-0.2, -0.15) is 0 Å². The second-order valence-electron chi connectivity index (χ2n) is 6.80. The van der Waals surface area contributed by atoms with Crippen molar-refractivity contribution in [3.05, 3.63) is 29.8 Å². The van der Waals surface area contributed by atoms with Crippen molar-refractivity contribution in [2.75, 3.05) is 18.9 Å². The number of aryl methyl sites for hydroxylation is 1. The Balaban J connectivity index is 0.00000364. The molecule has 8 nitrogen and oxygen atoms in total. The number of tetrazole rings is 1. The van der Waals surface area contributed by atoms with Crippen LogP contribution in [0.3, 0.4) is 0 Å². The second kappa shape index (κ2) is 11.1. The predicted octanol–water partition coefficient (Wildman–Crippen LogP) is 1.81. The summed E-state index contributed by atoms with van der Waals surface area (Å²) in [7, 11) is 1.82. The Morgan fingerprint density at radius 2 is 2.04 bits per heavy atom. The number of nitrogens with zero attached hydrogens (tertiary/aromatic N) is 4. The van der Waals surface area contributed by atoms with Crippen molar-refractivity contribution in [1.82, 2.24) is 30.8 Å². The Bertz CT molecular complexity index is 719. The first kappa shape index (κ1) is 23.2. The molecule has 1 heterocycles. The lowest BCUT2D eigenvalue weighted by Gasteiger charge is -2.20. The highest BCUT2D eigenvalue weighted by Gasteiger charge is 2.14. The highest BCUT2D eigenvalue weighted by atomic mass is 35.5. The van der Waals surface area contributed by atoms with Gasteiger partial charge in [0, 0.05) is 37.0 Å². The van der Waals surface area contributed by atoms with Gasteiger partial charge >= 0.3 is 0 Å². The highest BCUT2D eigenvalue weighted by molar-refractivity contribution is 7.99. The molecule has 27 heavy (non-hydrogen) atoms. The number of hydrogen-bond donors (Lipinski definition) is 2. The van der Waals surface area contributed by atoms with Gasteiger partial charge in [0.1, 0.15) is 5.75 Å². The van der Waals surface area contributed by atoms with Crippen molar-refractivity contribution >= 4 is 30.1 Å². The number of rotatable bonds is 9. The Morgan fingerprint density at radius 3 is 2.70 bits per heavy atom. The third kappa shape index (κ3) is 8.59. The molecule has 0 spiro atoms. The number of benzene rings is 1. The fourth-order valence-electron chi connectivity index (χ4n) is 2.17. The Kier molecular flexibility index (Phi) is 9.54. The van der Waals surface area contributed by atoms with Crippen LogP contribution in [-0.2, 0) is 18.4 Å². The summed E-state index contributed by atoms with van der Waals surface area (Å²) in [5.74, 6) is 1.44. The summed E-state index contributed by atoms with van der Waals surface area (Å²) in [5, 5.41) is 18.4.